The molecule has 0 bridgehead atoms. The molecule has 1 aliphatic carbocycles. The number of nitrogens with one attached hydrogen (secondary N) is 1. The standard InChI is InChI=1S/C15H24N2O2S.ClH/c1-10-8-11(2)13(4)14(12(10)3)20(18,19)17-9-15(16)6-5-7-15;/h8,17H,5-7,9,16H2,1-4H3;1H. The molecule has 120 valence electrons. The molecule has 0 unspecified atom stereocenters. The average molecular weight is 333 g/mol. The first kappa shape index (κ1) is 18.4. The highest BCUT2D eigenvalue weighted by Crippen LogP contribution is 2.30. The molecule has 0 aromatic heterocycles. The van der Waals surface area contributed by atoms with Gasteiger partial charge in [-0.2, -0.15) is 0 Å². The van der Waals surface area contributed by atoms with Crippen LogP contribution in [-0.2, 0) is 10.0 Å². The summed E-state index contributed by atoms with van der Waals surface area (Å²) in [6, 6.07) is 2.03. The summed E-state index contributed by atoms with van der Waals surface area (Å²) < 4.78 is 27.9. The predicted molar refractivity (Wildman–Crippen MR) is 88.6 cm³/mol. The minimum Gasteiger partial charge on any atom is -0.324 e. The average Bonchev–Trinajstić information content (AvgIpc) is 2.32. The Morgan fingerprint density at radius 2 is 1.62 bits per heavy atom. The normalized spacial score (nSPS) is 17.0. The molecule has 6 heteroatoms. The Morgan fingerprint density at radius 3 is 2.00 bits per heavy atom. The van der Waals surface area contributed by atoms with Crippen LogP contribution in [0.15, 0.2) is 11.0 Å². The quantitative estimate of drug-likeness (QED) is 0.889. The highest BCUT2D eigenvalue weighted by atomic mass is 35.5. The van der Waals surface area contributed by atoms with Crippen molar-refractivity contribution in [3.63, 3.8) is 0 Å². The van der Waals surface area contributed by atoms with Crippen molar-refractivity contribution in [1.82, 2.24) is 4.72 Å². The second-order valence-corrected chi connectivity index (χ2v) is 7.83. The van der Waals surface area contributed by atoms with Crippen LogP contribution in [0.3, 0.4) is 0 Å². The molecule has 1 aliphatic rings. The molecule has 1 saturated carbocycles. The summed E-state index contributed by atoms with van der Waals surface area (Å²) in [5, 5.41) is 0. The molecule has 1 fully saturated rings. The summed E-state index contributed by atoms with van der Waals surface area (Å²) in [6.45, 7) is 7.92. The zero-order valence-corrected chi connectivity index (χ0v) is 14.7. The number of nitrogens with two attached hydrogens (primary N) is 1. The fourth-order valence-corrected chi connectivity index (χ4v) is 4.45. The van der Waals surface area contributed by atoms with E-state index in [1.807, 2.05) is 33.8 Å². The molecule has 0 radical (unpaired) electrons. The minimum atomic E-state index is -3.51. The Hall–Kier alpha value is -0.620. The Morgan fingerprint density at radius 1 is 1.14 bits per heavy atom. The zero-order chi connectivity index (χ0) is 15.1. The van der Waals surface area contributed by atoms with Crippen molar-refractivity contribution in [1.29, 1.82) is 0 Å². The van der Waals surface area contributed by atoms with Gasteiger partial charge in [0.15, 0.2) is 0 Å². The van der Waals surface area contributed by atoms with E-state index in [1.165, 1.54) is 0 Å². The van der Waals surface area contributed by atoms with Crippen LogP contribution in [0.5, 0.6) is 0 Å². The molecule has 0 spiro atoms. The van der Waals surface area contributed by atoms with Crippen molar-refractivity contribution in [2.75, 3.05) is 6.54 Å². The van der Waals surface area contributed by atoms with E-state index in [0.29, 0.717) is 11.4 Å². The Bertz CT molecular complexity index is 611. The van der Waals surface area contributed by atoms with Gasteiger partial charge in [-0.05, 0) is 69.2 Å². The lowest BCUT2D eigenvalue weighted by molar-refractivity contribution is 0.251. The summed E-state index contributed by atoms with van der Waals surface area (Å²) >= 11 is 0. The van der Waals surface area contributed by atoms with Gasteiger partial charge in [0, 0.05) is 12.1 Å². The van der Waals surface area contributed by atoms with Gasteiger partial charge in [0.05, 0.1) is 4.90 Å². The van der Waals surface area contributed by atoms with Crippen LogP contribution in [0, 0.1) is 27.7 Å². The topological polar surface area (TPSA) is 72.2 Å². The molecule has 0 saturated heterocycles. The molecule has 1 aromatic rings. The fraction of sp³-hybridized carbons (Fsp3) is 0.600. The van der Waals surface area contributed by atoms with Crippen molar-refractivity contribution >= 4 is 22.4 Å². The van der Waals surface area contributed by atoms with E-state index in [0.717, 1.165) is 41.5 Å². The van der Waals surface area contributed by atoms with Crippen LogP contribution < -0.4 is 10.5 Å². The lowest BCUT2D eigenvalue weighted by atomic mass is 9.78. The van der Waals surface area contributed by atoms with Gasteiger partial charge >= 0.3 is 0 Å². The van der Waals surface area contributed by atoms with Gasteiger partial charge in [-0.1, -0.05) is 6.07 Å². The fourth-order valence-electron chi connectivity index (χ4n) is 2.70. The van der Waals surface area contributed by atoms with E-state index in [9.17, 15) is 8.42 Å². The molecule has 21 heavy (non-hydrogen) atoms. The molecular formula is C15H25ClN2O2S. The van der Waals surface area contributed by atoms with Gasteiger partial charge < -0.3 is 5.73 Å². The molecule has 0 heterocycles. The largest absolute Gasteiger partial charge is 0.324 e. The number of aryl methyl sites for hydroxylation is 2. The van der Waals surface area contributed by atoms with Crippen LogP contribution in [-0.4, -0.2) is 20.5 Å². The highest BCUT2D eigenvalue weighted by Gasteiger charge is 2.34. The molecule has 1 aromatic carbocycles. The van der Waals surface area contributed by atoms with Gasteiger partial charge in [-0.3, -0.25) is 0 Å². The minimum absolute atomic E-state index is 0. The predicted octanol–water partition coefficient (Wildman–Crippen LogP) is 2.50. The van der Waals surface area contributed by atoms with E-state index >= 15 is 0 Å². The summed E-state index contributed by atoms with van der Waals surface area (Å²) in [5.41, 5.74) is 9.38. The van der Waals surface area contributed by atoms with E-state index in [1.54, 1.807) is 0 Å². The molecular weight excluding hydrogens is 308 g/mol. The Kier molecular flexibility index (Phi) is 5.48. The summed E-state index contributed by atoms with van der Waals surface area (Å²) in [5.74, 6) is 0. The van der Waals surface area contributed by atoms with Crippen LogP contribution in [0.4, 0.5) is 0 Å². The van der Waals surface area contributed by atoms with Crippen molar-refractivity contribution in [2.45, 2.75) is 57.4 Å². The first-order valence-corrected chi connectivity index (χ1v) is 8.50. The van der Waals surface area contributed by atoms with E-state index < -0.39 is 10.0 Å². The first-order chi connectivity index (χ1) is 9.16. The molecule has 0 amide bonds. The lowest BCUT2D eigenvalue weighted by Gasteiger charge is -2.38. The van der Waals surface area contributed by atoms with Gasteiger partial charge in [0.1, 0.15) is 0 Å². The van der Waals surface area contributed by atoms with Crippen LogP contribution in [0.25, 0.3) is 0 Å². The van der Waals surface area contributed by atoms with Gasteiger partial charge in [-0.15, -0.1) is 12.4 Å². The zero-order valence-electron chi connectivity index (χ0n) is 13.1. The molecule has 0 atom stereocenters. The summed E-state index contributed by atoms with van der Waals surface area (Å²) in [7, 11) is -3.51. The maximum atomic E-state index is 12.6. The number of halogens is 1. The number of benzene rings is 1. The van der Waals surface area contributed by atoms with Gasteiger partial charge in [0.2, 0.25) is 10.0 Å². The maximum absolute atomic E-state index is 12.6. The van der Waals surface area contributed by atoms with Crippen molar-refractivity contribution in [3.05, 3.63) is 28.3 Å². The van der Waals surface area contributed by atoms with Crippen LogP contribution in [0.2, 0.25) is 0 Å². The van der Waals surface area contributed by atoms with Crippen molar-refractivity contribution in [2.24, 2.45) is 5.73 Å². The van der Waals surface area contributed by atoms with Crippen molar-refractivity contribution in [3.8, 4) is 0 Å². The third-order valence-corrected chi connectivity index (χ3v) is 6.20. The third kappa shape index (κ3) is 3.59. The van der Waals surface area contributed by atoms with Gasteiger partial charge in [-0.25, -0.2) is 13.1 Å². The number of hydrogen-bond acceptors (Lipinski definition) is 3. The summed E-state index contributed by atoms with van der Waals surface area (Å²) in [4.78, 5) is 0.415. The monoisotopic (exact) mass is 332 g/mol. The third-order valence-electron chi connectivity index (χ3n) is 4.53. The maximum Gasteiger partial charge on any atom is 0.241 e. The van der Waals surface area contributed by atoms with Gasteiger partial charge in [0.25, 0.3) is 0 Å². The molecule has 4 nitrogen and oxygen atoms in total. The van der Waals surface area contributed by atoms with Crippen LogP contribution >= 0.6 is 12.4 Å². The van der Waals surface area contributed by atoms with E-state index in [-0.39, 0.29) is 17.9 Å². The second-order valence-electron chi connectivity index (χ2n) is 6.13. The van der Waals surface area contributed by atoms with E-state index in [4.69, 9.17) is 5.73 Å². The SMILES string of the molecule is Cc1cc(C)c(C)c(S(=O)(=O)NCC2(N)CCC2)c1C.Cl. The van der Waals surface area contributed by atoms with Crippen LogP contribution in [0.1, 0.15) is 41.5 Å². The molecule has 0 aliphatic heterocycles. The first-order valence-electron chi connectivity index (χ1n) is 7.02. The van der Waals surface area contributed by atoms with Crippen molar-refractivity contribution < 1.29 is 8.42 Å². The smallest absolute Gasteiger partial charge is 0.241 e. The highest BCUT2D eigenvalue weighted by molar-refractivity contribution is 7.89. The number of rotatable bonds is 4. The summed E-state index contributed by atoms with van der Waals surface area (Å²) in [6.07, 6.45) is 2.86. The molecule has 3 N–H and O–H groups in total. The lowest BCUT2D eigenvalue weighted by Crippen LogP contribution is -2.54. The van der Waals surface area contributed by atoms with E-state index in [2.05, 4.69) is 4.72 Å². The Balaban J connectivity index is 0.00000220. The Labute approximate surface area is 134 Å². The molecule has 2 rings (SSSR count). The second kappa shape index (κ2) is 6.24. The number of sulfonamides is 1. The number of hydrogen-bond donors (Lipinski definition) is 2.